The van der Waals surface area contributed by atoms with Crippen molar-refractivity contribution in [1.29, 1.82) is 0 Å². The molecule has 1 N–H and O–H groups in total. The number of carbonyl (C=O) groups excluding carboxylic acids is 1. The standard InChI is InChI=1S/C14H11BrClFN2O2/c1-8(21-12-5-4-9(15)7-10(12)17)14(20)19-11-3-2-6-18-13(11)16/h2-8H,1H3,(H,19,20)/t8-/m1/s1. The molecule has 1 amide bonds. The van der Waals surface area contributed by atoms with Crippen molar-refractivity contribution >= 4 is 39.1 Å². The molecule has 110 valence electrons. The molecular formula is C14H11BrClFN2O2. The first kappa shape index (κ1) is 15.7. The lowest BCUT2D eigenvalue weighted by Gasteiger charge is -2.15. The van der Waals surface area contributed by atoms with E-state index in [9.17, 15) is 9.18 Å². The predicted octanol–water partition coefficient (Wildman–Crippen LogP) is 4.04. The number of carbonyl (C=O) groups is 1. The van der Waals surface area contributed by atoms with E-state index < -0.39 is 17.8 Å². The molecule has 0 unspecified atom stereocenters. The molecule has 0 spiro atoms. The van der Waals surface area contributed by atoms with Gasteiger partial charge in [-0.3, -0.25) is 4.79 Å². The zero-order valence-corrected chi connectivity index (χ0v) is 13.3. The lowest BCUT2D eigenvalue weighted by molar-refractivity contribution is -0.122. The molecule has 1 aromatic heterocycles. The molecule has 0 saturated carbocycles. The van der Waals surface area contributed by atoms with Gasteiger partial charge in [-0.2, -0.15) is 0 Å². The summed E-state index contributed by atoms with van der Waals surface area (Å²) in [5, 5.41) is 2.74. The van der Waals surface area contributed by atoms with Crippen molar-refractivity contribution in [3.63, 3.8) is 0 Å². The molecule has 0 aliphatic carbocycles. The van der Waals surface area contributed by atoms with Crippen LogP contribution in [0.2, 0.25) is 5.15 Å². The number of nitrogens with one attached hydrogen (secondary N) is 1. The topological polar surface area (TPSA) is 51.2 Å². The SMILES string of the molecule is C[C@@H](Oc1ccc(Br)cc1F)C(=O)Nc1cccnc1Cl. The first-order valence-corrected chi connectivity index (χ1v) is 7.17. The van der Waals surface area contributed by atoms with E-state index in [0.717, 1.165) is 0 Å². The maximum atomic E-state index is 13.6. The number of nitrogens with zero attached hydrogens (tertiary/aromatic N) is 1. The summed E-state index contributed by atoms with van der Waals surface area (Å²) >= 11 is 8.99. The maximum Gasteiger partial charge on any atom is 0.265 e. The Bertz CT molecular complexity index is 669. The summed E-state index contributed by atoms with van der Waals surface area (Å²) in [6, 6.07) is 7.58. The summed E-state index contributed by atoms with van der Waals surface area (Å²) in [6.45, 7) is 1.51. The van der Waals surface area contributed by atoms with Gasteiger partial charge in [0.05, 0.1) is 5.69 Å². The summed E-state index contributed by atoms with van der Waals surface area (Å²) in [7, 11) is 0. The van der Waals surface area contributed by atoms with Crippen LogP contribution in [0.4, 0.5) is 10.1 Å². The molecule has 0 bridgehead atoms. The summed E-state index contributed by atoms with van der Waals surface area (Å²) in [5.41, 5.74) is 0.371. The van der Waals surface area contributed by atoms with Crippen LogP contribution in [0.15, 0.2) is 41.0 Å². The van der Waals surface area contributed by atoms with Crippen LogP contribution in [0.25, 0.3) is 0 Å². The number of hydrogen-bond acceptors (Lipinski definition) is 3. The molecule has 0 fully saturated rings. The average Bonchev–Trinajstić information content (AvgIpc) is 2.44. The molecular weight excluding hydrogens is 363 g/mol. The van der Waals surface area contributed by atoms with Gasteiger partial charge in [-0.25, -0.2) is 9.37 Å². The fourth-order valence-electron chi connectivity index (χ4n) is 1.53. The first-order valence-electron chi connectivity index (χ1n) is 6.00. The van der Waals surface area contributed by atoms with E-state index in [1.54, 1.807) is 18.2 Å². The van der Waals surface area contributed by atoms with Crippen molar-refractivity contribution < 1.29 is 13.9 Å². The van der Waals surface area contributed by atoms with E-state index in [1.165, 1.54) is 25.3 Å². The van der Waals surface area contributed by atoms with Gasteiger partial charge in [-0.1, -0.05) is 27.5 Å². The second-order valence-corrected chi connectivity index (χ2v) is 5.44. The lowest BCUT2D eigenvalue weighted by Crippen LogP contribution is -2.30. The number of anilines is 1. The number of pyridine rings is 1. The number of ether oxygens (including phenoxy) is 1. The van der Waals surface area contributed by atoms with Crippen molar-refractivity contribution in [2.45, 2.75) is 13.0 Å². The molecule has 7 heteroatoms. The Kier molecular flexibility index (Phi) is 5.14. The van der Waals surface area contributed by atoms with Crippen molar-refractivity contribution in [1.82, 2.24) is 4.98 Å². The molecule has 0 aliphatic rings. The largest absolute Gasteiger partial charge is 0.478 e. The quantitative estimate of drug-likeness (QED) is 0.823. The highest BCUT2D eigenvalue weighted by Gasteiger charge is 2.18. The van der Waals surface area contributed by atoms with E-state index in [0.29, 0.717) is 10.2 Å². The van der Waals surface area contributed by atoms with Gasteiger partial charge in [-0.15, -0.1) is 0 Å². The zero-order chi connectivity index (χ0) is 15.4. The van der Waals surface area contributed by atoms with Crippen molar-refractivity contribution in [2.24, 2.45) is 0 Å². The van der Waals surface area contributed by atoms with Crippen LogP contribution >= 0.6 is 27.5 Å². The number of aromatic nitrogens is 1. The number of rotatable bonds is 4. The Morgan fingerprint density at radius 1 is 1.48 bits per heavy atom. The lowest BCUT2D eigenvalue weighted by atomic mass is 10.3. The highest BCUT2D eigenvalue weighted by molar-refractivity contribution is 9.10. The van der Waals surface area contributed by atoms with Crippen molar-refractivity contribution in [2.75, 3.05) is 5.32 Å². The van der Waals surface area contributed by atoms with Gasteiger partial charge in [0.2, 0.25) is 0 Å². The molecule has 1 atom stereocenters. The second kappa shape index (κ2) is 6.87. The smallest absolute Gasteiger partial charge is 0.265 e. The first-order chi connectivity index (χ1) is 9.97. The molecule has 0 saturated heterocycles. The Hall–Kier alpha value is -1.66. The Morgan fingerprint density at radius 2 is 2.24 bits per heavy atom. The van der Waals surface area contributed by atoms with E-state index in [-0.39, 0.29) is 10.9 Å². The van der Waals surface area contributed by atoms with Crippen LogP contribution in [0.1, 0.15) is 6.92 Å². The minimum Gasteiger partial charge on any atom is -0.478 e. The Balaban J connectivity index is 2.04. The van der Waals surface area contributed by atoms with E-state index >= 15 is 0 Å². The van der Waals surface area contributed by atoms with Crippen LogP contribution in [0.5, 0.6) is 5.75 Å². The van der Waals surface area contributed by atoms with Crippen molar-refractivity contribution in [3.05, 3.63) is 52.0 Å². The van der Waals surface area contributed by atoms with E-state index in [2.05, 4.69) is 26.2 Å². The summed E-state index contributed by atoms with van der Waals surface area (Å²) in [4.78, 5) is 15.8. The van der Waals surface area contributed by atoms with Gasteiger partial charge >= 0.3 is 0 Å². The summed E-state index contributed by atoms with van der Waals surface area (Å²) in [6.07, 6.45) is 0.617. The van der Waals surface area contributed by atoms with Gasteiger partial charge in [0.25, 0.3) is 5.91 Å². The third-order valence-corrected chi connectivity index (χ3v) is 3.38. The Morgan fingerprint density at radius 3 is 2.90 bits per heavy atom. The minimum atomic E-state index is -0.892. The molecule has 2 rings (SSSR count). The average molecular weight is 374 g/mol. The highest BCUT2D eigenvalue weighted by atomic mass is 79.9. The molecule has 21 heavy (non-hydrogen) atoms. The third-order valence-electron chi connectivity index (χ3n) is 2.58. The molecule has 0 aliphatic heterocycles. The molecule has 0 radical (unpaired) electrons. The van der Waals surface area contributed by atoms with Crippen molar-refractivity contribution in [3.8, 4) is 5.75 Å². The van der Waals surface area contributed by atoms with E-state index in [4.69, 9.17) is 16.3 Å². The number of hydrogen-bond donors (Lipinski definition) is 1. The number of benzene rings is 1. The molecule has 1 heterocycles. The van der Waals surface area contributed by atoms with Crippen LogP contribution in [-0.2, 0) is 4.79 Å². The van der Waals surface area contributed by atoms with Crippen LogP contribution in [-0.4, -0.2) is 17.0 Å². The van der Waals surface area contributed by atoms with Crippen LogP contribution in [0.3, 0.4) is 0 Å². The third kappa shape index (κ3) is 4.15. The molecule has 2 aromatic rings. The predicted molar refractivity (Wildman–Crippen MR) is 82.1 cm³/mol. The van der Waals surface area contributed by atoms with Gasteiger partial charge < -0.3 is 10.1 Å². The Labute approximate surface area is 134 Å². The minimum absolute atomic E-state index is 0.00173. The van der Waals surface area contributed by atoms with Crippen LogP contribution in [0, 0.1) is 5.82 Å². The van der Waals surface area contributed by atoms with Crippen LogP contribution < -0.4 is 10.1 Å². The molecule has 4 nitrogen and oxygen atoms in total. The van der Waals surface area contributed by atoms with Gasteiger partial charge in [0, 0.05) is 10.7 Å². The van der Waals surface area contributed by atoms with Gasteiger partial charge in [0.1, 0.15) is 0 Å². The van der Waals surface area contributed by atoms with Gasteiger partial charge in [0.15, 0.2) is 22.8 Å². The fourth-order valence-corrected chi connectivity index (χ4v) is 2.03. The highest BCUT2D eigenvalue weighted by Crippen LogP contribution is 2.23. The number of amides is 1. The monoisotopic (exact) mass is 372 g/mol. The fraction of sp³-hybridized carbons (Fsp3) is 0.143. The molecule has 1 aromatic carbocycles. The summed E-state index contributed by atoms with van der Waals surface area (Å²) < 4.78 is 19.5. The zero-order valence-electron chi connectivity index (χ0n) is 10.9. The maximum absolute atomic E-state index is 13.6. The second-order valence-electron chi connectivity index (χ2n) is 4.17. The number of halogens is 3. The van der Waals surface area contributed by atoms with Gasteiger partial charge in [-0.05, 0) is 37.3 Å². The summed E-state index contributed by atoms with van der Waals surface area (Å²) in [5.74, 6) is -1.01. The van der Waals surface area contributed by atoms with E-state index in [1.807, 2.05) is 0 Å². The normalized spacial score (nSPS) is 11.8.